The summed E-state index contributed by atoms with van der Waals surface area (Å²) >= 11 is 0. The van der Waals surface area contributed by atoms with Gasteiger partial charge in [0.15, 0.2) is 0 Å². The molecule has 0 spiro atoms. The lowest BCUT2D eigenvalue weighted by Gasteiger charge is -2.18. The van der Waals surface area contributed by atoms with Crippen LogP contribution in [-0.2, 0) is 5.41 Å². The molecule has 2 nitrogen and oxygen atoms in total. The zero-order valence-electron chi connectivity index (χ0n) is 7.91. The van der Waals surface area contributed by atoms with Gasteiger partial charge in [-0.1, -0.05) is 19.9 Å². The van der Waals surface area contributed by atoms with Crippen LogP contribution in [0, 0.1) is 11.3 Å². The summed E-state index contributed by atoms with van der Waals surface area (Å²) in [5, 5.41) is 8.58. The summed E-state index contributed by atoms with van der Waals surface area (Å²) in [4.78, 5) is 4.20. The van der Waals surface area contributed by atoms with Crippen LogP contribution in [0.5, 0.6) is 0 Å². The molecule has 0 aromatic carbocycles. The Kier molecular flexibility index (Phi) is 2.48. The number of rotatable bonds is 2. The first-order valence-corrected chi connectivity index (χ1v) is 4.10. The first-order valence-electron chi connectivity index (χ1n) is 4.10. The van der Waals surface area contributed by atoms with Crippen molar-refractivity contribution in [1.29, 1.82) is 5.26 Å². The van der Waals surface area contributed by atoms with E-state index in [0.29, 0.717) is 5.56 Å². The molecule has 13 heavy (non-hydrogen) atoms. The van der Waals surface area contributed by atoms with Crippen molar-refractivity contribution in [3.8, 4) is 6.07 Å². The smallest absolute Gasteiger partial charge is 0.101 e. The highest BCUT2D eigenvalue weighted by atomic mass is 14.7. The second kappa shape index (κ2) is 3.40. The van der Waals surface area contributed by atoms with Gasteiger partial charge in [-0.3, -0.25) is 4.98 Å². The zero-order chi connectivity index (χ0) is 9.90. The van der Waals surface area contributed by atoms with Gasteiger partial charge in [0.05, 0.1) is 5.56 Å². The molecule has 0 unspecified atom stereocenters. The van der Waals surface area contributed by atoms with Gasteiger partial charge in [0.1, 0.15) is 6.07 Å². The third-order valence-corrected chi connectivity index (χ3v) is 2.06. The van der Waals surface area contributed by atoms with Gasteiger partial charge >= 0.3 is 0 Å². The van der Waals surface area contributed by atoms with Crippen LogP contribution >= 0.6 is 0 Å². The standard InChI is InChI=1S/C11H12N2/c1-4-11(2,3)10-6-5-9(7-12)8-13-10/h4-6,8H,1H2,2-3H3. The Bertz CT molecular complexity index is 341. The lowest BCUT2D eigenvalue weighted by Crippen LogP contribution is -2.14. The van der Waals surface area contributed by atoms with E-state index in [1.54, 1.807) is 12.3 Å². The van der Waals surface area contributed by atoms with Crippen LogP contribution in [0.2, 0.25) is 0 Å². The SMILES string of the molecule is C=CC(C)(C)c1ccc(C#N)cn1. The molecular weight excluding hydrogens is 160 g/mol. The van der Waals surface area contributed by atoms with Crippen LogP contribution in [0.15, 0.2) is 31.0 Å². The average molecular weight is 172 g/mol. The Hall–Kier alpha value is -1.62. The lowest BCUT2D eigenvalue weighted by atomic mass is 9.89. The molecule has 0 radical (unpaired) electrons. The normalized spacial score (nSPS) is 10.5. The summed E-state index contributed by atoms with van der Waals surface area (Å²) in [5.41, 5.74) is 1.39. The molecule has 1 aromatic rings. The van der Waals surface area contributed by atoms with E-state index in [1.165, 1.54) is 0 Å². The van der Waals surface area contributed by atoms with Gasteiger partial charge in [-0.25, -0.2) is 0 Å². The fraction of sp³-hybridized carbons (Fsp3) is 0.273. The maximum atomic E-state index is 8.58. The summed E-state index contributed by atoms with van der Waals surface area (Å²) in [6.07, 6.45) is 3.43. The number of aromatic nitrogens is 1. The fourth-order valence-electron chi connectivity index (χ4n) is 0.946. The minimum absolute atomic E-state index is 0.131. The monoisotopic (exact) mass is 172 g/mol. The summed E-state index contributed by atoms with van der Waals surface area (Å²) in [7, 11) is 0. The first kappa shape index (κ1) is 9.47. The lowest BCUT2D eigenvalue weighted by molar-refractivity contribution is 0.645. The van der Waals surface area contributed by atoms with Gasteiger partial charge in [0.2, 0.25) is 0 Å². The third-order valence-electron chi connectivity index (χ3n) is 2.06. The van der Waals surface area contributed by atoms with Crippen LogP contribution in [-0.4, -0.2) is 4.98 Å². The molecule has 0 atom stereocenters. The zero-order valence-corrected chi connectivity index (χ0v) is 7.91. The highest BCUT2D eigenvalue weighted by molar-refractivity contribution is 5.30. The Labute approximate surface area is 78.5 Å². The van der Waals surface area contributed by atoms with Gasteiger partial charge in [0, 0.05) is 17.3 Å². The number of nitriles is 1. The van der Waals surface area contributed by atoms with Crippen molar-refractivity contribution in [2.45, 2.75) is 19.3 Å². The molecule has 0 aliphatic carbocycles. The van der Waals surface area contributed by atoms with Crippen molar-refractivity contribution in [3.05, 3.63) is 42.2 Å². The van der Waals surface area contributed by atoms with Gasteiger partial charge in [0.25, 0.3) is 0 Å². The highest BCUT2D eigenvalue weighted by Crippen LogP contribution is 2.21. The molecule has 2 heteroatoms. The second-order valence-electron chi connectivity index (χ2n) is 3.47. The molecule has 0 saturated heterocycles. The van der Waals surface area contributed by atoms with Crippen molar-refractivity contribution < 1.29 is 0 Å². The van der Waals surface area contributed by atoms with E-state index in [2.05, 4.69) is 11.6 Å². The predicted molar refractivity (Wildman–Crippen MR) is 52.2 cm³/mol. The number of pyridine rings is 1. The molecule has 1 aromatic heterocycles. The molecule has 0 aliphatic rings. The van der Waals surface area contributed by atoms with E-state index >= 15 is 0 Å². The maximum absolute atomic E-state index is 8.58. The molecular formula is C11H12N2. The van der Waals surface area contributed by atoms with Crippen molar-refractivity contribution in [1.82, 2.24) is 4.98 Å². The number of hydrogen-bond acceptors (Lipinski definition) is 2. The van der Waals surface area contributed by atoms with E-state index in [-0.39, 0.29) is 5.41 Å². The van der Waals surface area contributed by atoms with Crippen LogP contribution in [0.1, 0.15) is 25.1 Å². The maximum Gasteiger partial charge on any atom is 0.101 e. The number of nitrogens with zero attached hydrogens (tertiary/aromatic N) is 2. The van der Waals surface area contributed by atoms with E-state index in [9.17, 15) is 0 Å². The average Bonchev–Trinajstić information content (AvgIpc) is 2.18. The van der Waals surface area contributed by atoms with E-state index in [1.807, 2.05) is 32.1 Å². The summed E-state index contributed by atoms with van der Waals surface area (Å²) in [5.74, 6) is 0. The van der Waals surface area contributed by atoms with Crippen molar-refractivity contribution in [2.24, 2.45) is 0 Å². The van der Waals surface area contributed by atoms with Crippen LogP contribution in [0.3, 0.4) is 0 Å². The predicted octanol–water partition coefficient (Wildman–Crippen LogP) is 2.42. The van der Waals surface area contributed by atoms with E-state index in [0.717, 1.165) is 5.69 Å². The van der Waals surface area contributed by atoms with Gasteiger partial charge in [-0.2, -0.15) is 5.26 Å². The topological polar surface area (TPSA) is 36.7 Å². The van der Waals surface area contributed by atoms with Gasteiger partial charge in [-0.15, -0.1) is 6.58 Å². The third kappa shape index (κ3) is 1.94. The molecule has 0 N–H and O–H groups in total. The first-order chi connectivity index (χ1) is 6.10. The van der Waals surface area contributed by atoms with E-state index < -0.39 is 0 Å². The van der Waals surface area contributed by atoms with E-state index in [4.69, 9.17) is 5.26 Å². The Balaban J connectivity index is 3.07. The summed E-state index contributed by atoms with van der Waals surface area (Å²) < 4.78 is 0. The molecule has 1 rings (SSSR count). The molecule has 1 heterocycles. The highest BCUT2D eigenvalue weighted by Gasteiger charge is 2.16. The minimum atomic E-state index is -0.131. The molecule has 0 fully saturated rings. The molecule has 66 valence electrons. The Morgan fingerprint density at radius 3 is 2.62 bits per heavy atom. The molecule has 0 saturated carbocycles. The Morgan fingerprint density at radius 1 is 1.54 bits per heavy atom. The number of hydrogen-bond donors (Lipinski definition) is 0. The van der Waals surface area contributed by atoms with Gasteiger partial charge < -0.3 is 0 Å². The summed E-state index contributed by atoms with van der Waals surface area (Å²) in [6, 6.07) is 5.67. The number of allylic oxidation sites excluding steroid dienone is 1. The molecule has 0 aliphatic heterocycles. The van der Waals surface area contributed by atoms with Crippen molar-refractivity contribution in [2.75, 3.05) is 0 Å². The fourth-order valence-corrected chi connectivity index (χ4v) is 0.946. The van der Waals surface area contributed by atoms with Crippen molar-refractivity contribution in [3.63, 3.8) is 0 Å². The quantitative estimate of drug-likeness (QED) is 0.642. The molecule has 0 amide bonds. The molecule has 0 bridgehead atoms. The van der Waals surface area contributed by atoms with Crippen LogP contribution < -0.4 is 0 Å². The second-order valence-corrected chi connectivity index (χ2v) is 3.47. The van der Waals surface area contributed by atoms with Gasteiger partial charge in [-0.05, 0) is 12.1 Å². The summed E-state index contributed by atoms with van der Waals surface area (Å²) in [6.45, 7) is 7.82. The van der Waals surface area contributed by atoms with Crippen LogP contribution in [0.25, 0.3) is 0 Å². The van der Waals surface area contributed by atoms with Crippen molar-refractivity contribution >= 4 is 0 Å². The minimum Gasteiger partial charge on any atom is -0.259 e. The Morgan fingerprint density at radius 2 is 2.23 bits per heavy atom. The largest absolute Gasteiger partial charge is 0.259 e. The van der Waals surface area contributed by atoms with Crippen LogP contribution in [0.4, 0.5) is 0 Å².